The van der Waals surface area contributed by atoms with E-state index in [0.717, 1.165) is 29.6 Å². The van der Waals surface area contributed by atoms with Crippen LogP contribution in [0.3, 0.4) is 0 Å². The zero-order valence-corrected chi connectivity index (χ0v) is 15.3. The van der Waals surface area contributed by atoms with Crippen LogP contribution in [-0.4, -0.2) is 0 Å². The van der Waals surface area contributed by atoms with Gasteiger partial charge in [0.05, 0.1) is 0 Å². The molecule has 0 aliphatic heterocycles. The minimum atomic E-state index is 0.582. The van der Waals surface area contributed by atoms with Crippen molar-refractivity contribution in [2.24, 2.45) is 35.0 Å². The summed E-state index contributed by atoms with van der Waals surface area (Å²) in [5.41, 5.74) is 0.582. The third kappa shape index (κ3) is 5.41. The van der Waals surface area contributed by atoms with Crippen molar-refractivity contribution < 1.29 is 0 Å². The third-order valence-electron chi connectivity index (χ3n) is 6.32. The second-order valence-electron chi connectivity index (χ2n) is 8.47. The Morgan fingerprint density at radius 2 is 1.55 bits per heavy atom. The smallest absolute Gasteiger partial charge is 0.0323 e. The Bertz CT molecular complexity index is 269. The van der Waals surface area contributed by atoms with Crippen LogP contribution in [0.4, 0.5) is 0 Å². The highest BCUT2D eigenvalue weighted by atomic mass is 14.5. The van der Waals surface area contributed by atoms with Crippen molar-refractivity contribution in [2.45, 2.75) is 93.4 Å². The van der Waals surface area contributed by atoms with Gasteiger partial charge in [0.2, 0.25) is 0 Å². The van der Waals surface area contributed by atoms with Gasteiger partial charge in [-0.05, 0) is 60.7 Å². The van der Waals surface area contributed by atoms with Crippen LogP contribution in [0.25, 0.3) is 0 Å². The van der Waals surface area contributed by atoms with E-state index in [0.29, 0.717) is 5.41 Å². The molecule has 1 rings (SSSR count). The summed E-state index contributed by atoms with van der Waals surface area (Å²) in [4.78, 5) is 0. The van der Waals surface area contributed by atoms with Gasteiger partial charge in [0.1, 0.15) is 0 Å². The minimum absolute atomic E-state index is 0.582. The minimum Gasteiger partial charge on any atom is -0.0651 e. The molecule has 0 aromatic carbocycles. The van der Waals surface area contributed by atoms with Crippen molar-refractivity contribution in [1.82, 2.24) is 0 Å². The van der Waals surface area contributed by atoms with E-state index in [-0.39, 0.29) is 0 Å². The van der Waals surface area contributed by atoms with E-state index in [1.807, 2.05) is 0 Å². The van der Waals surface area contributed by atoms with Crippen LogP contribution in [0.15, 0.2) is 0 Å². The van der Waals surface area contributed by atoms with Gasteiger partial charge in [0.15, 0.2) is 0 Å². The fourth-order valence-corrected chi connectivity index (χ4v) is 4.21. The molecule has 1 fully saturated rings. The lowest BCUT2D eigenvalue weighted by atomic mass is 9.72. The van der Waals surface area contributed by atoms with E-state index in [4.69, 9.17) is 0 Å². The molecule has 0 amide bonds. The van der Waals surface area contributed by atoms with Crippen LogP contribution in [0.2, 0.25) is 0 Å². The van der Waals surface area contributed by atoms with Gasteiger partial charge in [-0.15, -0.1) is 0 Å². The molecule has 0 N–H and O–H groups in total. The van der Waals surface area contributed by atoms with Crippen LogP contribution in [0, 0.1) is 35.0 Å². The molecule has 0 bridgehead atoms. The molecule has 0 saturated heterocycles. The molecule has 0 heteroatoms. The molecular weight excluding hydrogens is 240 g/mol. The first-order valence-corrected chi connectivity index (χ1v) is 9.35. The summed E-state index contributed by atoms with van der Waals surface area (Å²) in [6.45, 7) is 17.0. The maximum Gasteiger partial charge on any atom is -0.0323 e. The predicted octanol–water partition coefficient (Wildman–Crippen LogP) is 6.94. The highest BCUT2D eigenvalue weighted by Crippen LogP contribution is 2.52. The summed E-state index contributed by atoms with van der Waals surface area (Å²) in [6.07, 6.45) is 9.93. The lowest BCUT2D eigenvalue weighted by molar-refractivity contribution is 0.172. The van der Waals surface area contributed by atoms with Crippen LogP contribution < -0.4 is 0 Å². The molecule has 0 heterocycles. The average Bonchev–Trinajstić information content (AvgIpc) is 3.17. The second kappa shape index (κ2) is 7.85. The van der Waals surface area contributed by atoms with Gasteiger partial charge in [-0.25, -0.2) is 0 Å². The fraction of sp³-hybridized carbons (Fsp3) is 1.00. The van der Waals surface area contributed by atoms with E-state index >= 15 is 0 Å². The molecular formula is C20H40. The Morgan fingerprint density at radius 3 is 2.05 bits per heavy atom. The molecule has 1 aliphatic carbocycles. The van der Waals surface area contributed by atoms with Crippen molar-refractivity contribution in [3.63, 3.8) is 0 Å². The van der Waals surface area contributed by atoms with Crippen LogP contribution in [0.5, 0.6) is 0 Å². The normalized spacial score (nSPS) is 29.6. The molecule has 20 heavy (non-hydrogen) atoms. The lowest BCUT2D eigenvalue weighted by Crippen LogP contribution is -2.23. The van der Waals surface area contributed by atoms with Gasteiger partial charge in [0.25, 0.3) is 0 Å². The molecule has 1 saturated carbocycles. The van der Waals surface area contributed by atoms with Crippen molar-refractivity contribution in [1.29, 1.82) is 0 Å². The largest absolute Gasteiger partial charge is 0.0651 e. The maximum atomic E-state index is 2.54. The molecule has 1 aliphatic rings. The van der Waals surface area contributed by atoms with Crippen LogP contribution >= 0.6 is 0 Å². The number of hydrogen-bond donors (Lipinski definition) is 0. The molecule has 0 radical (unpaired) electrons. The Kier molecular flexibility index (Phi) is 7.09. The standard InChI is InChI=1S/C20H40/c1-8-15(4)11-18-12-19(18)17(6)14-20(7,10-3)13-16(5)9-2/h15-19H,8-14H2,1-7H3. The van der Waals surface area contributed by atoms with Gasteiger partial charge in [-0.3, -0.25) is 0 Å². The van der Waals surface area contributed by atoms with E-state index < -0.39 is 0 Å². The van der Waals surface area contributed by atoms with Gasteiger partial charge in [-0.2, -0.15) is 0 Å². The van der Waals surface area contributed by atoms with Gasteiger partial charge in [-0.1, -0.05) is 67.7 Å². The van der Waals surface area contributed by atoms with Crippen molar-refractivity contribution in [2.75, 3.05) is 0 Å². The zero-order chi connectivity index (χ0) is 15.3. The molecule has 120 valence electrons. The third-order valence-corrected chi connectivity index (χ3v) is 6.32. The quantitative estimate of drug-likeness (QED) is 0.406. The Morgan fingerprint density at radius 1 is 0.950 bits per heavy atom. The SMILES string of the molecule is CCC(C)CC1CC1C(C)CC(C)(CC)CC(C)CC. The lowest BCUT2D eigenvalue weighted by Gasteiger charge is -2.34. The van der Waals surface area contributed by atoms with Crippen molar-refractivity contribution in [3.8, 4) is 0 Å². The first-order valence-electron chi connectivity index (χ1n) is 9.35. The summed E-state index contributed by atoms with van der Waals surface area (Å²) in [6, 6.07) is 0. The van der Waals surface area contributed by atoms with Crippen LogP contribution in [-0.2, 0) is 0 Å². The molecule has 0 aromatic heterocycles. The summed E-state index contributed by atoms with van der Waals surface area (Å²) in [5.74, 6) is 4.88. The summed E-state index contributed by atoms with van der Waals surface area (Å²) in [7, 11) is 0. The first-order chi connectivity index (χ1) is 9.35. The predicted molar refractivity (Wildman–Crippen MR) is 91.9 cm³/mol. The zero-order valence-electron chi connectivity index (χ0n) is 15.3. The summed E-state index contributed by atoms with van der Waals surface area (Å²) < 4.78 is 0. The molecule has 0 aromatic rings. The van der Waals surface area contributed by atoms with Gasteiger partial charge in [0, 0.05) is 0 Å². The van der Waals surface area contributed by atoms with Crippen LogP contribution in [0.1, 0.15) is 93.4 Å². The van der Waals surface area contributed by atoms with Gasteiger partial charge < -0.3 is 0 Å². The molecule has 0 spiro atoms. The fourth-order valence-electron chi connectivity index (χ4n) is 4.21. The molecule has 6 atom stereocenters. The van der Waals surface area contributed by atoms with E-state index in [2.05, 4.69) is 48.5 Å². The van der Waals surface area contributed by atoms with Gasteiger partial charge >= 0.3 is 0 Å². The first kappa shape index (κ1) is 18.1. The highest BCUT2D eigenvalue weighted by molar-refractivity contribution is 4.92. The number of rotatable bonds is 10. The average molecular weight is 281 g/mol. The Hall–Kier alpha value is 0. The Balaban J connectivity index is 2.42. The van der Waals surface area contributed by atoms with E-state index in [1.165, 1.54) is 44.9 Å². The number of hydrogen-bond acceptors (Lipinski definition) is 0. The Labute approximate surface area is 129 Å². The van der Waals surface area contributed by atoms with Crippen molar-refractivity contribution in [3.05, 3.63) is 0 Å². The summed E-state index contributed by atoms with van der Waals surface area (Å²) in [5, 5.41) is 0. The highest BCUT2D eigenvalue weighted by Gasteiger charge is 2.42. The monoisotopic (exact) mass is 280 g/mol. The van der Waals surface area contributed by atoms with Crippen molar-refractivity contribution >= 4 is 0 Å². The van der Waals surface area contributed by atoms with E-state index in [9.17, 15) is 0 Å². The maximum absolute atomic E-state index is 2.54. The topological polar surface area (TPSA) is 0 Å². The summed E-state index contributed by atoms with van der Waals surface area (Å²) >= 11 is 0. The molecule has 0 nitrogen and oxygen atoms in total. The second-order valence-corrected chi connectivity index (χ2v) is 8.47. The molecule has 6 unspecified atom stereocenters. The van der Waals surface area contributed by atoms with E-state index in [1.54, 1.807) is 0 Å².